The van der Waals surface area contributed by atoms with Crippen molar-refractivity contribution < 1.29 is 9.53 Å². The largest absolute Gasteiger partial charge is 0.369 e. The number of nitrogens with one attached hydrogen (secondary N) is 2. The van der Waals surface area contributed by atoms with Crippen LogP contribution in [0.15, 0.2) is 67.3 Å². The fourth-order valence-electron chi connectivity index (χ4n) is 4.82. The van der Waals surface area contributed by atoms with Crippen LogP contribution in [0.5, 0.6) is 0 Å². The molecule has 2 aromatic carbocycles. The minimum Gasteiger partial charge on any atom is -0.369 e. The number of carbonyl (C=O) groups excluding carboxylic acids is 1. The molecule has 2 atom stereocenters. The van der Waals surface area contributed by atoms with Gasteiger partial charge in [-0.15, -0.1) is 6.58 Å². The first-order valence-corrected chi connectivity index (χ1v) is 12.5. The third-order valence-electron chi connectivity index (χ3n) is 6.52. The molecule has 1 amide bonds. The maximum Gasteiger partial charge on any atom is 0.251 e. The number of amides is 1. The van der Waals surface area contributed by atoms with Crippen molar-refractivity contribution in [3.8, 4) is 0 Å². The Hall–Kier alpha value is -2.43. The van der Waals surface area contributed by atoms with Crippen molar-refractivity contribution >= 4 is 5.91 Å². The molecule has 2 N–H and O–H groups in total. The van der Waals surface area contributed by atoms with Crippen LogP contribution < -0.4 is 10.6 Å². The zero-order valence-corrected chi connectivity index (χ0v) is 20.1. The summed E-state index contributed by atoms with van der Waals surface area (Å²) >= 11 is 0. The van der Waals surface area contributed by atoms with Gasteiger partial charge in [-0.1, -0.05) is 80.6 Å². The molecule has 3 rings (SSSR count). The SMILES string of the molecule is C=CCCCOC(c1ccccc1)c1cccc(C(=O)N[C@H](CNC)CC2CCCCC2)c1. The molecule has 0 radical (unpaired) electrons. The van der Waals surface area contributed by atoms with E-state index in [0.29, 0.717) is 12.2 Å². The van der Waals surface area contributed by atoms with Crippen LogP contribution in [0.2, 0.25) is 0 Å². The Balaban J connectivity index is 1.71. The molecule has 1 fully saturated rings. The Labute approximate surface area is 199 Å². The fourth-order valence-corrected chi connectivity index (χ4v) is 4.82. The van der Waals surface area contributed by atoms with Crippen molar-refractivity contribution in [3.05, 3.63) is 83.9 Å². The molecule has 1 unspecified atom stereocenters. The first-order valence-electron chi connectivity index (χ1n) is 12.5. The molecule has 178 valence electrons. The molecule has 0 aromatic heterocycles. The Morgan fingerprint density at radius 1 is 1.09 bits per heavy atom. The van der Waals surface area contributed by atoms with Crippen LogP contribution in [0.3, 0.4) is 0 Å². The molecule has 1 saturated carbocycles. The van der Waals surface area contributed by atoms with E-state index < -0.39 is 0 Å². The molecular formula is C29H40N2O2. The summed E-state index contributed by atoms with van der Waals surface area (Å²) in [7, 11) is 1.95. The average molecular weight is 449 g/mol. The summed E-state index contributed by atoms with van der Waals surface area (Å²) < 4.78 is 6.28. The summed E-state index contributed by atoms with van der Waals surface area (Å²) in [4.78, 5) is 13.2. The maximum atomic E-state index is 13.2. The van der Waals surface area contributed by atoms with Crippen LogP contribution in [0.1, 0.15) is 79.0 Å². The molecule has 33 heavy (non-hydrogen) atoms. The number of hydrogen-bond acceptors (Lipinski definition) is 3. The monoisotopic (exact) mass is 448 g/mol. The second-order valence-corrected chi connectivity index (χ2v) is 9.19. The van der Waals surface area contributed by atoms with Gasteiger partial charge < -0.3 is 15.4 Å². The van der Waals surface area contributed by atoms with Crippen molar-refractivity contribution in [1.82, 2.24) is 10.6 Å². The van der Waals surface area contributed by atoms with E-state index in [1.54, 1.807) is 0 Å². The standard InChI is InChI=1S/C29H40N2O2/c1-3-4-11-19-33-28(24-15-9-6-10-16-24)25-17-12-18-26(21-25)29(32)31-27(22-30-2)20-23-13-7-5-8-14-23/h3,6,9-10,12,15-18,21,23,27-28,30H,1,4-5,7-8,11,13-14,19-20,22H2,2H3,(H,31,32)/t27-,28?/m0/s1. The van der Waals surface area contributed by atoms with Crippen LogP contribution >= 0.6 is 0 Å². The number of likely N-dealkylation sites (N-methyl/N-ethyl adjacent to an activating group) is 1. The van der Waals surface area contributed by atoms with Gasteiger partial charge in [0.1, 0.15) is 6.10 Å². The van der Waals surface area contributed by atoms with Crippen LogP contribution in [0.4, 0.5) is 0 Å². The van der Waals surface area contributed by atoms with E-state index in [1.165, 1.54) is 32.1 Å². The average Bonchev–Trinajstić information content (AvgIpc) is 2.85. The Kier molecular flexibility index (Phi) is 10.7. The summed E-state index contributed by atoms with van der Waals surface area (Å²) in [5, 5.41) is 6.55. The molecule has 0 spiro atoms. The van der Waals surface area contributed by atoms with Gasteiger partial charge >= 0.3 is 0 Å². The first kappa shape index (κ1) is 25.2. The lowest BCUT2D eigenvalue weighted by atomic mass is 9.84. The quantitative estimate of drug-likeness (QED) is 0.290. The molecule has 0 heterocycles. The maximum absolute atomic E-state index is 13.2. The number of carbonyl (C=O) groups is 1. The second-order valence-electron chi connectivity index (χ2n) is 9.19. The van der Waals surface area contributed by atoms with Gasteiger partial charge in [0, 0.05) is 24.8 Å². The van der Waals surface area contributed by atoms with E-state index >= 15 is 0 Å². The Morgan fingerprint density at radius 3 is 2.58 bits per heavy atom. The minimum atomic E-state index is -0.195. The van der Waals surface area contributed by atoms with Crippen LogP contribution in [-0.4, -0.2) is 32.1 Å². The van der Waals surface area contributed by atoms with Crippen LogP contribution in [-0.2, 0) is 4.74 Å². The highest BCUT2D eigenvalue weighted by Crippen LogP contribution is 2.28. The van der Waals surface area contributed by atoms with Gasteiger partial charge in [-0.2, -0.15) is 0 Å². The third kappa shape index (κ3) is 8.13. The van der Waals surface area contributed by atoms with Gasteiger partial charge in [-0.05, 0) is 55.5 Å². The van der Waals surface area contributed by atoms with Crippen molar-refractivity contribution in [2.45, 2.75) is 63.5 Å². The van der Waals surface area contributed by atoms with Gasteiger partial charge in [-0.25, -0.2) is 0 Å². The summed E-state index contributed by atoms with van der Waals surface area (Å²) in [6.45, 7) is 5.23. The molecule has 4 heteroatoms. The number of unbranched alkanes of at least 4 members (excludes halogenated alkanes) is 1. The lowest BCUT2D eigenvalue weighted by Crippen LogP contribution is -2.42. The lowest BCUT2D eigenvalue weighted by molar-refractivity contribution is 0.0785. The fraction of sp³-hybridized carbons (Fsp3) is 0.483. The first-order chi connectivity index (χ1) is 16.2. The number of hydrogen-bond donors (Lipinski definition) is 2. The zero-order valence-electron chi connectivity index (χ0n) is 20.1. The molecule has 1 aliphatic carbocycles. The topological polar surface area (TPSA) is 50.4 Å². The number of benzene rings is 2. The number of allylic oxidation sites excluding steroid dienone is 1. The predicted octanol–water partition coefficient (Wildman–Crippen LogP) is 6.05. The van der Waals surface area contributed by atoms with Gasteiger partial charge in [-0.3, -0.25) is 4.79 Å². The van der Waals surface area contributed by atoms with E-state index in [4.69, 9.17) is 4.74 Å². The highest BCUT2D eigenvalue weighted by molar-refractivity contribution is 5.94. The molecule has 1 aliphatic rings. The zero-order chi connectivity index (χ0) is 23.3. The van der Waals surface area contributed by atoms with E-state index in [1.807, 2.05) is 49.5 Å². The smallest absolute Gasteiger partial charge is 0.251 e. The predicted molar refractivity (Wildman–Crippen MR) is 136 cm³/mol. The highest BCUT2D eigenvalue weighted by Gasteiger charge is 2.22. The van der Waals surface area contributed by atoms with Crippen molar-refractivity contribution in [2.75, 3.05) is 20.2 Å². The van der Waals surface area contributed by atoms with Crippen molar-refractivity contribution in [1.29, 1.82) is 0 Å². The van der Waals surface area contributed by atoms with E-state index in [-0.39, 0.29) is 18.1 Å². The summed E-state index contributed by atoms with van der Waals surface area (Å²) in [5.74, 6) is 0.710. The molecule has 2 aromatic rings. The van der Waals surface area contributed by atoms with E-state index in [0.717, 1.165) is 42.9 Å². The molecular weight excluding hydrogens is 408 g/mol. The van der Waals surface area contributed by atoms with Gasteiger partial charge in [0.25, 0.3) is 5.91 Å². The van der Waals surface area contributed by atoms with Gasteiger partial charge in [0.15, 0.2) is 0 Å². The van der Waals surface area contributed by atoms with Gasteiger partial charge in [0.2, 0.25) is 0 Å². The van der Waals surface area contributed by atoms with Crippen molar-refractivity contribution in [2.24, 2.45) is 5.92 Å². The third-order valence-corrected chi connectivity index (χ3v) is 6.52. The Morgan fingerprint density at radius 2 is 1.85 bits per heavy atom. The van der Waals surface area contributed by atoms with Gasteiger partial charge in [0.05, 0.1) is 0 Å². The number of rotatable bonds is 13. The molecule has 0 saturated heterocycles. The Bertz CT molecular complexity index is 846. The van der Waals surface area contributed by atoms with E-state index in [9.17, 15) is 4.79 Å². The van der Waals surface area contributed by atoms with Crippen molar-refractivity contribution in [3.63, 3.8) is 0 Å². The minimum absolute atomic E-state index is 0.00798. The van der Waals surface area contributed by atoms with E-state index in [2.05, 4.69) is 35.4 Å². The molecule has 0 bridgehead atoms. The summed E-state index contributed by atoms with van der Waals surface area (Å²) in [6.07, 6.45) is 11.2. The molecule has 4 nitrogen and oxygen atoms in total. The van der Waals surface area contributed by atoms with Crippen LogP contribution in [0.25, 0.3) is 0 Å². The van der Waals surface area contributed by atoms with Crippen LogP contribution in [0, 0.1) is 5.92 Å². The summed E-state index contributed by atoms with van der Waals surface area (Å²) in [5.41, 5.74) is 2.79. The lowest BCUT2D eigenvalue weighted by Gasteiger charge is -2.27. The summed E-state index contributed by atoms with van der Waals surface area (Å²) in [6, 6.07) is 18.3. The molecule has 0 aliphatic heterocycles. The normalized spacial score (nSPS) is 16.2. The second kappa shape index (κ2) is 14.0. The number of ether oxygens (including phenoxy) is 1. The highest BCUT2D eigenvalue weighted by atomic mass is 16.5.